The molecule has 0 atom stereocenters. The number of hydrogen-bond donors (Lipinski definition) is 1. The predicted molar refractivity (Wildman–Crippen MR) is 59.5 cm³/mol. The maximum Gasteiger partial charge on any atom is 0.261 e. The van der Waals surface area contributed by atoms with E-state index in [1.807, 2.05) is 24.3 Å². The van der Waals surface area contributed by atoms with Gasteiger partial charge in [-0.1, -0.05) is 15.9 Å². The summed E-state index contributed by atoms with van der Waals surface area (Å²) in [5, 5.41) is 3.05. The third-order valence-corrected chi connectivity index (χ3v) is 2.19. The Labute approximate surface area is 95.8 Å². The number of halogens is 3. The normalized spacial score (nSPS) is 10.7. The van der Waals surface area contributed by atoms with Crippen molar-refractivity contribution in [3.05, 3.63) is 28.7 Å². The van der Waals surface area contributed by atoms with Crippen molar-refractivity contribution in [1.29, 1.82) is 0 Å². The second-order valence-electron chi connectivity index (χ2n) is 2.90. The van der Waals surface area contributed by atoms with E-state index in [1.165, 1.54) is 0 Å². The Balaban J connectivity index is 2.12. The fraction of sp³-hybridized carbons (Fsp3) is 0.400. The fourth-order valence-electron chi connectivity index (χ4n) is 1.01. The molecule has 5 heteroatoms. The van der Waals surface area contributed by atoms with Crippen molar-refractivity contribution in [3.63, 3.8) is 0 Å². The summed E-state index contributed by atoms with van der Waals surface area (Å²) in [5.74, 6) is 0. The third kappa shape index (κ3) is 5.69. The van der Waals surface area contributed by atoms with E-state index >= 15 is 0 Å². The van der Waals surface area contributed by atoms with Crippen molar-refractivity contribution >= 4 is 21.6 Å². The van der Waals surface area contributed by atoms with E-state index in [0.29, 0.717) is 6.54 Å². The van der Waals surface area contributed by atoms with Gasteiger partial charge in [-0.2, -0.15) is 0 Å². The Morgan fingerprint density at radius 3 is 2.53 bits per heavy atom. The van der Waals surface area contributed by atoms with Crippen LogP contribution in [-0.2, 0) is 4.74 Å². The summed E-state index contributed by atoms with van der Waals surface area (Å²) in [6, 6.07) is 7.61. The molecule has 0 unspecified atom stereocenters. The van der Waals surface area contributed by atoms with Crippen LogP contribution in [0.25, 0.3) is 0 Å². The molecule has 84 valence electrons. The van der Waals surface area contributed by atoms with E-state index in [0.717, 1.165) is 10.2 Å². The van der Waals surface area contributed by atoms with E-state index in [9.17, 15) is 8.78 Å². The fourth-order valence-corrected chi connectivity index (χ4v) is 1.27. The molecule has 0 radical (unpaired) electrons. The van der Waals surface area contributed by atoms with Gasteiger partial charge >= 0.3 is 0 Å². The number of benzene rings is 1. The number of nitrogens with one attached hydrogen (secondary N) is 1. The summed E-state index contributed by atoms with van der Waals surface area (Å²) in [4.78, 5) is 0. The van der Waals surface area contributed by atoms with E-state index in [-0.39, 0.29) is 6.61 Å². The lowest BCUT2D eigenvalue weighted by atomic mass is 10.3. The first kappa shape index (κ1) is 12.4. The monoisotopic (exact) mass is 279 g/mol. The highest BCUT2D eigenvalue weighted by atomic mass is 79.9. The molecule has 1 aromatic carbocycles. The Bertz CT molecular complexity index is 279. The van der Waals surface area contributed by atoms with Gasteiger partial charge in [0.15, 0.2) is 0 Å². The Kier molecular flexibility index (Phi) is 5.57. The maximum atomic E-state index is 11.7. The molecule has 0 saturated carbocycles. The molecule has 1 aromatic rings. The molecule has 15 heavy (non-hydrogen) atoms. The summed E-state index contributed by atoms with van der Waals surface area (Å²) in [6.45, 7) is 0.302. The number of ether oxygens (including phenoxy) is 1. The van der Waals surface area contributed by atoms with Gasteiger partial charge in [-0.25, -0.2) is 8.78 Å². The minimum atomic E-state index is -2.39. The predicted octanol–water partition coefficient (Wildman–Crippen LogP) is 3.14. The second kappa shape index (κ2) is 6.74. The van der Waals surface area contributed by atoms with Gasteiger partial charge in [0.05, 0.1) is 6.61 Å². The van der Waals surface area contributed by atoms with Crippen LogP contribution in [0.15, 0.2) is 28.7 Å². The first-order chi connectivity index (χ1) is 7.18. The zero-order chi connectivity index (χ0) is 11.1. The van der Waals surface area contributed by atoms with E-state index in [1.54, 1.807) is 0 Å². The molecule has 0 amide bonds. The van der Waals surface area contributed by atoms with Gasteiger partial charge in [0, 0.05) is 16.7 Å². The van der Waals surface area contributed by atoms with Crippen LogP contribution in [0.3, 0.4) is 0 Å². The maximum absolute atomic E-state index is 11.7. The van der Waals surface area contributed by atoms with Crippen LogP contribution in [0, 0.1) is 0 Å². The molecule has 0 spiro atoms. The van der Waals surface area contributed by atoms with Gasteiger partial charge in [-0.05, 0) is 24.3 Å². The van der Waals surface area contributed by atoms with E-state index in [4.69, 9.17) is 4.74 Å². The largest absolute Gasteiger partial charge is 0.383 e. The molecule has 0 fully saturated rings. The first-order valence-electron chi connectivity index (χ1n) is 4.54. The highest BCUT2D eigenvalue weighted by Gasteiger charge is 2.00. The summed E-state index contributed by atoms with van der Waals surface area (Å²) in [5.41, 5.74) is 0.943. The molecule has 2 nitrogen and oxygen atoms in total. The highest BCUT2D eigenvalue weighted by Crippen LogP contribution is 2.13. The van der Waals surface area contributed by atoms with Crippen molar-refractivity contribution in [2.75, 3.05) is 25.1 Å². The number of anilines is 1. The molecule has 0 aromatic heterocycles. The molecule has 1 rings (SSSR count). The Morgan fingerprint density at radius 1 is 1.27 bits per heavy atom. The van der Waals surface area contributed by atoms with Crippen LogP contribution < -0.4 is 5.32 Å². The lowest BCUT2D eigenvalue weighted by molar-refractivity contribution is 0.0215. The quantitative estimate of drug-likeness (QED) is 0.808. The summed E-state index contributed by atoms with van der Waals surface area (Å²) in [6.07, 6.45) is -2.39. The van der Waals surface area contributed by atoms with Gasteiger partial charge in [-0.3, -0.25) is 0 Å². The molecule has 0 aliphatic rings. The molecular weight excluding hydrogens is 268 g/mol. The highest BCUT2D eigenvalue weighted by molar-refractivity contribution is 9.10. The average Bonchev–Trinajstić information content (AvgIpc) is 2.20. The van der Waals surface area contributed by atoms with Crippen molar-refractivity contribution < 1.29 is 13.5 Å². The van der Waals surface area contributed by atoms with Crippen LogP contribution in [0.5, 0.6) is 0 Å². The zero-order valence-electron chi connectivity index (χ0n) is 8.05. The number of alkyl halides is 2. The summed E-state index contributed by atoms with van der Waals surface area (Å²) >= 11 is 3.32. The van der Waals surface area contributed by atoms with Crippen molar-refractivity contribution in [2.24, 2.45) is 0 Å². The van der Waals surface area contributed by atoms with Crippen LogP contribution in [-0.4, -0.2) is 26.2 Å². The standard InChI is InChI=1S/C10H12BrF2NO/c11-8-1-3-9(4-2-8)14-5-6-15-7-10(12)13/h1-4,10,14H,5-7H2. The van der Waals surface area contributed by atoms with Gasteiger partial charge < -0.3 is 10.1 Å². The Hall–Kier alpha value is -0.680. The lowest BCUT2D eigenvalue weighted by Crippen LogP contribution is -2.12. The Morgan fingerprint density at radius 2 is 1.93 bits per heavy atom. The van der Waals surface area contributed by atoms with Gasteiger partial charge in [0.25, 0.3) is 6.43 Å². The molecule has 0 bridgehead atoms. The average molecular weight is 280 g/mol. The second-order valence-corrected chi connectivity index (χ2v) is 3.82. The number of rotatable bonds is 6. The topological polar surface area (TPSA) is 21.3 Å². The van der Waals surface area contributed by atoms with Crippen molar-refractivity contribution in [3.8, 4) is 0 Å². The minimum absolute atomic E-state index is 0.278. The first-order valence-corrected chi connectivity index (χ1v) is 5.33. The molecule has 0 heterocycles. The van der Waals surface area contributed by atoms with Crippen LogP contribution in [0.1, 0.15) is 0 Å². The SMILES string of the molecule is FC(F)COCCNc1ccc(Br)cc1. The number of hydrogen-bond acceptors (Lipinski definition) is 2. The lowest BCUT2D eigenvalue weighted by Gasteiger charge is -2.06. The van der Waals surface area contributed by atoms with Crippen LogP contribution in [0.2, 0.25) is 0 Å². The summed E-state index contributed by atoms with van der Waals surface area (Å²) < 4.78 is 29.1. The molecule has 0 saturated heterocycles. The molecular formula is C10H12BrF2NO. The summed E-state index contributed by atoms with van der Waals surface area (Å²) in [7, 11) is 0. The van der Waals surface area contributed by atoms with Gasteiger partial charge in [0.1, 0.15) is 6.61 Å². The third-order valence-electron chi connectivity index (χ3n) is 1.66. The van der Waals surface area contributed by atoms with E-state index < -0.39 is 13.0 Å². The molecule has 1 N–H and O–H groups in total. The van der Waals surface area contributed by atoms with E-state index in [2.05, 4.69) is 21.2 Å². The van der Waals surface area contributed by atoms with Gasteiger partial charge in [-0.15, -0.1) is 0 Å². The van der Waals surface area contributed by atoms with Crippen molar-refractivity contribution in [1.82, 2.24) is 0 Å². The smallest absolute Gasteiger partial charge is 0.261 e. The van der Waals surface area contributed by atoms with Crippen molar-refractivity contribution in [2.45, 2.75) is 6.43 Å². The molecule has 0 aliphatic heterocycles. The van der Waals surface area contributed by atoms with Crippen LogP contribution >= 0.6 is 15.9 Å². The van der Waals surface area contributed by atoms with Crippen LogP contribution in [0.4, 0.5) is 14.5 Å². The molecule has 0 aliphatic carbocycles. The zero-order valence-corrected chi connectivity index (χ0v) is 9.64. The van der Waals surface area contributed by atoms with Gasteiger partial charge in [0.2, 0.25) is 0 Å². The minimum Gasteiger partial charge on any atom is -0.383 e.